The fraction of sp³-hybridized carbons (Fsp3) is 0.441. The summed E-state index contributed by atoms with van der Waals surface area (Å²) in [6.45, 7) is 6.51. The van der Waals surface area contributed by atoms with Crippen LogP contribution in [0.2, 0.25) is 0 Å². The predicted molar refractivity (Wildman–Crippen MR) is 169 cm³/mol. The Bertz CT molecular complexity index is 1300. The third-order valence-corrected chi connectivity index (χ3v) is 8.39. The lowest BCUT2D eigenvalue weighted by molar-refractivity contribution is -0.385. The summed E-state index contributed by atoms with van der Waals surface area (Å²) >= 11 is 0. The van der Waals surface area contributed by atoms with E-state index < -0.39 is 4.92 Å². The lowest BCUT2D eigenvalue weighted by Crippen LogP contribution is -2.43. The molecule has 0 aromatic heterocycles. The van der Waals surface area contributed by atoms with Gasteiger partial charge in [0.1, 0.15) is 0 Å². The molecule has 0 saturated carbocycles. The van der Waals surface area contributed by atoms with Gasteiger partial charge in [-0.1, -0.05) is 62.0 Å². The van der Waals surface area contributed by atoms with Crippen LogP contribution in [0.1, 0.15) is 57.9 Å². The highest BCUT2D eigenvalue weighted by Crippen LogP contribution is 2.32. The number of carbonyl (C=O) groups is 1. The Kier molecular flexibility index (Phi) is 11.0. The first-order chi connectivity index (χ1) is 20.0. The highest BCUT2D eigenvalue weighted by Gasteiger charge is 2.25. The maximum atomic E-state index is 13.0. The van der Waals surface area contributed by atoms with Crippen molar-refractivity contribution in [3.05, 3.63) is 88.5 Å². The molecule has 2 aliphatic rings. The molecular formula is C34H44N4O4. The van der Waals surface area contributed by atoms with E-state index in [-0.39, 0.29) is 30.8 Å². The number of hydrogen-bond donors (Lipinski definition) is 1. The molecule has 2 heterocycles. The van der Waals surface area contributed by atoms with Gasteiger partial charge in [-0.25, -0.2) is 0 Å². The Morgan fingerprint density at radius 1 is 0.929 bits per heavy atom. The number of hydrogen-bond acceptors (Lipinski definition) is 6. The number of nitro groups is 1. The van der Waals surface area contributed by atoms with E-state index in [0.29, 0.717) is 18.9 Å². The summed E-state index contributed by atoms with van der Waals surface area (Å²) < 4.78 is 5.46. The average molecular weight is 573 g/mol. The van der Waals surface area contributed by atoms with Gasteiger partial charge in [0, 0.05) is 49.9 Å². The third-order valence-electron chi connectivity index (χ3n) is 8.39. The van der Waals surface area contributed by atoms with Gasteiger partial charge in [-0.15, -0.1) is 0 Å². The van der Waals surface area contributed by atoms with E-state index in [1.54, 1.807) is 12.1 Å². The second kappa shape index (κ2) is 14.8. The largest absolute Gasteiger partial charge is 0.487 e. The fourth-order valence-electron chi connectivity index (χ4n) is 6.01. The van der Waals surface area contributed by atoms with Crippen LogP contribution in [0.25, 0.3) is 11.1 Å². The van der Waals surface area contributed by atoms with Crippen molar-refractivity contribution in [2.24, 2.45) is 0 Å². The second-order valence-corrected chi connectivity index (χ2v) is 11.0. The Hall–Kier alpha value is -3.91. The van der Waals surface area contributed by atoms with Gasteiger partial charge in [0.05, 0.1) is 11.5 Å². The summed E-state index contributed by atoms with van der Waals surface area (Å²) in [6.07, 6.45) is 4.52. The van der Waals surface area contributed by atoms with Gasteiger partial charge in [0.25, 0.3) is 0 Å². The number of nitrogens with zero attached hydrogens (tertiary/aromatic N) is 3. The molecule has 5 rings (SSSR count). The number of nitro benzene ring substituents is 1. The van der Waals surface area contributed by atoms with E-state index in [1.807, 2.05) is 17.9 Å². The van der Waals surface area contributed by atoms with Gasteiger partial charge in [0.2, 0.25) is 5.91 Å². The molecule has 0 bridgehead atoms. The number of ether oxygens (including phenoxy) is 1. The van der Waals surface area contributed by atoms with Crippen LogP contribution in [0.15, 0.2) is 72.8 Å². The van der Waals surface area contributed by atoms with Crippen LogP contribution in [-0.4, -0.2) is 66.0 Å². The molecule has 3 aromatic carbocycles. The van der Waals surface area contributed by atoms with Crippen LogP contribution in [0.5, 0.6) is 5.75 Å². The smallest absolute Gasteiger partial charge is 0.311 e. The van der Waals surface area contributed by atoms with Crippen molar-refractivity contribution in [3.8, 4) is 16.9 Å². The summed E-state index contributed by atoms with van der Waals surface area (Å²) in [5.74, 6) is 1.09. The number of anilines is 1. The molecule has 0 unspecified atom stereocenters. The quantitative estimate of drug-likeness (QED) is 0.209. The molecule has 224 valence electrons. The Labute approximate surface area is 249 Å². The summed E-state index contributed by atoms with van der Waals surface area (Å²) in [4.78, 5) is 28.2. The summed E-state index contributed by atoms with van der Waals surface area (Å²) in [5, 5.41) is 14.7. The van der Waals surface area contributed by atoms with Crippen LogP contribution in [0, 0.1) is 10.1 Å². The fourth-order valence-corrected chi connectivity index (χ4v) is 6.01. The summed E-state index contributed by atoms with van der Waals surface area (Å²) in [5.41, 5.74) is 4.70. The minimum atomic E-state index is -0.425. The molecule has 0 spiro atoms. The normalized spacial score (nSPS) is 16.5. The Morgan fingerprint density at radius 2 is 1.60 bits per heavy atom. The van der Waals surface area contributed by atoms with Gasteiger partial charge in [-0.2, -0.15) is 0 Å². The lowest BCUT2D eigenvalue weighted by Gasteiger charge is -2.35. The zero-order valence-electron chi connectivity index (χ0n) is 23.8. The molecule has 1 N–H and O–H groups in total. The Balaban J connectivity index is 0.00000405. The van der Waals surface area contributed by atoms with Crippen LogP contribution >= 0.6 is 0 Å². The molecular weight excluding hydrogens is 528 g/mol. The first kappa shape index (κ1) is 31.0. The van der Waals surface area contributed by atoms with Gasteiger partial charge < -0.3 is 19.9 Å². The van der Waals surface area contributed by atoms with Crippen molar-refractivity contribution in [2.45, 2.75) is 58.4 Å². The molecule has 0 radical (unpaired) electrons. The van der Waals surface area contributed by atoms with Crippen molar-refractivity contribution in [1.29, 1.82) is 0 Å². The standard InChI is InChI=1S/C33H40N4O4.CH4/c1-2-41-32-24-30(12-13-31(32)37(39)40)34-29-16-22-36(23-17-29)33(38)18-21-35-19-14-28(15-20-35)27-10-8-26(9-11-27)25-6-4-3-5-7-25;/h3-13,24,28-29,34H,2,14-23H2,1H3;1H4. The summed E-state index contributed by atoms with van der Waals surface area (Å²) in [6, 6.07) is 24.6. The first-order valence-corrected chi connectivity index (χ1v) is 14.8. The molecule has 2 saturated heterocycles. The maximum absolute atomic E-state index is 13.0. The molecule has 42 heavy (non-hydrogen) atoms. The minimum absolute atomic E-state index is 0. The molecule has 1 amide bonds. The molecule has 0 atom stereocenters. The zero-order chi connectivity index (χ0) is 28.6. The zero-order valence-corrected chi connectivity index (χ0v) is 23.8. The third kappa shape index (κ3) is 7.88. The van der Waals surface area contributed by atoms with Crippen molar-refractivity contribution in [2.75, 3.05) is 44.6 Å². The number of carbonyl (C=O) groups excluding carboxylic acids is 1. The number of nitrogens with one attached hydrogen (secondary N) is 1. The molecule has 8 heteroatoms. The van der Waals surface area contributed by atoms with Crippen molar-refractivity contribution < 1.29 is 14.5 Å². The van der Waals surface area contributed by atoms with Crippen LogP contribution in [0.3, 0.4) is 0 Å². The van der Waals surface area contributed by atoms with Gasteiger partial charge >= 0.3 is 5.69 Å². The van der Waals surface area contributed by atoms with E-state index >= 15 is 0 Å². The minimum Gasteiger partial charge on any atom is -0.487 e. The number of piperidine rings is 2. The van der Waals surface area contributed by atoms with E-state index in [0.717, 1.165) is 64.1 Å². The van der Waals surface area contributed by atoms with Gasteiger partial charge in [0.15, 0.2) is 5.75 Å². The van der Waals surface area contributed by atoms with Crippen LogP contribution in [-0.2, 0) is 4.79 Å². The topological polar surface area (TPSA) is 88.0 Å². The SMILES string of the molecule is C.CCOc1cc(NC2CCN(C(=O)CCN3CCC(c4ccc(-c5ccccc5)cc4)CC3)CC2)ccc1[N+](=O)[O-]. The Morgan fingerprint density at radius 3 is 2.24 bits per heavy atom. The first-order valence-electron chi connectivity index (χ1n) is 14.8. The molecule has 0 aliphatic carbocycles. The summed E-state index contributed by atoms with van der Waals surface area (Å²) in [7, 11) is 0. The number of likely N-dealkylation sites (tertiary alicyclic amines) is 2. The van der Waals surface area contributed by atoms with E-state index in [2.05, 4.69) is 58.7 Å². The molecule has 3 aromatic rings. The average Bonchev–Trinajstić information content (AvgIpc) is 3.01. The monoisotopic (exact) mass is 572 g/mol. The molecule has 2 fully saturated rings. The van der Waals surface area contributed by atoms with Crippen LogP contribution in [0.4, 0.5) is 11.4 Å². The lowest BCUT2D eigenvalue weighted by atomic mass is 9.88. The van der Waals surface area contributed by atoms with Crippen molar-refractivity contribution in [3.63, 3.8) is 0 Å². The van der Waals surface area contributed by atoms with Crippen LogP contribution < -0.4 is 10.1 Å². The predicted octanol–water partition coefficient (Wildman–Crippen LogP) is 6.97. The van der Waals surface area contributed by atoms with E-state index in [4.69, 9.17) is 4.74 Å². The number of rotatable bonds is 10. The van der Waals surface area contributed by atoms with Gasteiger partial charge in [-0.3, -0.25) is 14.9 Å². The van der Waals surface area contributed by atoms with Crippen molar-refractivity contribution in [1.82, 2.24) is 9.80 Å². The second-order valence-electron chi connectivity index (χ2n) is 11.0. The molecule has 2 aliphatic heterocycles. The molecule has 8 nitrogen and oxygen atoms in total. The highest BCUT2D eigenvalue weighted by molar-refractivity contribution is 5.76. The maximum Gasteiger partial charge on any atom is 0.311 e. The van der Waals surface area contributed by atoms with Gasteiger partial charge in [-0.05, 0) is 74.4 Å². The van der Waals surface area contributed by atoms with E-state index in [1.165, 1.54) is 22.8 Å². The number of amides is 1. The van der Waals surface area contributed by atoms with E-state index in [9.17, 15) is 14.9 Å². The highest BCUT2D eigenvalue weighted by atomic mass is 16.6. The number of benzene rings is 3. The van der Waals surface area contributed by atoms with Crippen molar-refractivity contribution >= 4 is 17.3 Å².